The zero-order chi connectivity index (χ0) is 15.5. The van der Waals surface area contributed by atoms with Crippen molar-refractivity contribution < 1.29 is 12.8 Å². The van der Waals surface area contributed by atoms with Crippen LogP contribution in [-0.4, -0.2) is 8.42 Å². The Morgan fingerprint density at radius 3 is 2.33 bits per heavy atom. The molecule has 0 aromatic heterocycles. The quantitative estimate of drug-likeness (QED) is 0.804. The summed E-state index contributed by atoms with van der Waals surface area (Å²) in [5.41, 5.74) is 1.15. The summed E-state index contributed by atoms with van der Waals surface area (Å²) in [7, 11) is -3.43. The standard InChI is InChI=1S/C15H11Cl2FO2S/c16-13-4-1-12(2-5-13)10-21(19,20)8-7-11-3-6-15(18)14(17)9-11/h1-9H,10H2/b8-7+. The van der Waals surface area contributed by atoms with E-state index in [4.69, 9.17) is 23.2 Å². The van der Waals surface area contributed by atoms with E-state index in [0.717, 1.165) is 5.41 Å². The molecule has 0 bridgehead atoms. The van der Waals surface area contributed by atoms with Crippen LogP contribution in [0, 0.1) is 5.82 Å². The lowest BCUT2D eigenvalue weighted by atomic mass is 10.2. The molecule has 0 N–H and O–H groups in total. The van der Waals surface area contributed by atoms with Gasteiger partial charge in [-0.15, -0.1) is 0 Å². The molecular formula is C15H11Cl2FO2S. The Hall–Kier alpha value is -1.36. The van der Waals surface area contributed by atoms with Crippen LogP contribution in [0.2, 0.25) is 10.0 Å². The summed E-state index contributed by atoms with van der Waals surface area (Å²) in [5, 5.41) is 1.59. The second-order valence-corrected chi connectivity index (χ2v) is 7.14. The maximum absolute atomic E-state index is 13.0. The fourth-order valence-corrected chi connectivity index (χ4v) is 3.09. The Bertz CT molecular complexity index is 769. The molecule has 2 aromatic rings. The van der Waals surface area contributed by atoms with Crippen LogP contribution in [0.4, 0.5) is 4.39 Å². The molecule has 0 fully saturated rings. The zero-order valence-electron chi connectivity index (χ0n) is 10.8. The molecule has 0 amide bonds. The van der Waals surface area contributed by atoms with Crippen molar-refractivity contribution >= 4 is 39.1 Å². The third-order valence-corrected chi connectivity index (χ3v) is 4.52. The molecule has 0 radical (unpaired) electrons. The fourth-order valence-electron chi connectivity index (χ4n) is 1.66. The highest BCUT2D eigenvalue weighted by Gasteiger charge is 2.08. The van der Waals surface area contributed by atoms with Gasteiger partial charge in [-0.3, -0.25) is 0 Å². The van der Waals surface area contributed by atoms with E-state index in [9.17, 15) is 12.8 Å². The average Bonchev–Trinajstić information content (AvgIpc) is 2.43. The van der Waals surface area contributed by atoms with Crippen LogP contribution < -0.4 is 0 Å². The van der Waals surface area contributed by atoms with Crippen molar-refractivity contribution in [3.05, 3.63) is 74.9 Å². The first-order valence-corrected chi connectivity index (χ1v) is 8.43. The van der Waals surface area contributed by atoms with Crippen LogP contribution >= 0.6 is 23.2 Å². The van der Waals surface area contributed by atoms with Crippen molar-refractivity contribution in [2.24, 2.45) is 0 Å². The van der Waals surface area contributed by atoms with Crippen molar-refractivity contribution in [1.29, 1.82) is 0 Å². The molecule has 0 heterocycles. The molecule has 0 aliphatic heterocycles. The van der Waals surface area contributed by atoms with Gasteiger partial charge >= 0.3 is 0 Å². The minimum absolute atomic E-state index is 0.0488. The molecular weight excluding hydrogens is 334 g/mol. The number of rotatable bonds is 4. The first-order chi connectivity index (χ1) is 9.85. The molecule has 0 saturated carbocycles. The monoisotopic (exact) mass is 344 g/mol. The molecule has 0 unspecified atom stereocenters. The van der Waals surface area contributed by atoms with E-state index in [0.29, 0.717) is 16.1 Å². The molecule has 6 heteroatoms. The molecule has 0 aliphatic rings. The van der Waals surface area contributed by atoms with E-state index < -0.39 is 15.7 Å². The first-order valence-electron chi connectivity index (χ1n) is 5.96. The van der Waals surface area contributed by atoms with Crippen molar-refractivity contribution in [2.45, 2.75) is 5.75 Å². The zero-order valence-corrected chi connectivity index (χ0v) is 13.1. The number of hydrogen-bond acceptors (Lipinski definition) is 2. The van der Waals surface area contributed by atoms with Crippen LogP contribution in [0.25, 0.3) is 6.08 Å². The van der Waals surface area contributed by atoms with Crippen LogP contribution in [0.1, 0.15) is 11.1 Å². The SMILES string of the molecule is O=S(=O)(/C=C/c1ccc(F)c(Cl)c1)Cc1ccc(Cl)cc1. The van der Waals surface area contributed by atoms with Gasteiger partial charge in [-0.2, -0.15) is 0 Å². The Morgan fingerprint density at radius 2 is 1.71 bits per heavy atom. The molecule has 21 heavy (non-hydrogen) atoms. The Labute approximate surface area is 132 Å². The van der Waals surface area contributed by atoms with Gasteiger partial charge in [0.05, 0.1) is 10.8 Å². The highest BCUT2D eigenvalue weighted by molar-refractivity contribution is 7.93. The summed E-state index contributed by atoms with van der Waals surface area (Å²) in [4.78, 5) is 0. The van der Waals surface area contributed by atoms with E-state index in [1.54, 1.807) is 24.3 Å². The van der Waals surface area contributed by atoms with Crippen LogP contribution in [0.3, 0.4) is 0 Å². The second-order valence-electron chi connectivity index (χ2n) is 4.41. The van der Waals surface area contributed by atoms with Crippen molar-refractivity contribution in [3.8, 4) is 0 Å². The van der Waals surface area contributed by atoms with Crippen LogP contribution in [0.5, 0.6) is 0 Å². The van der Waals surface area contributed by atoms with E-state index in [2.05, 4.69) is 0 Å². The summed E-state index contributed by atoms with van der Waals surface area (Å²) in [5.74, 6) is -0.673. The van der Waals surface area contributed by atoms with Crippen molar-refractivity contribution in [3.63, 3.8) is 0 Å². The molecule has 110 valence electrons. The van der Waals surface area contributed by atoms with Gasteiger partial charge in [0, 0.05) is 10.4 Å². The first kappa shape index (κ1) is 16.0. The number of benzene rings is 2. The lowest BCUT2D eigenvalue weighted by molar-refractivity contribution is 0.604. The smallest absolute Gasteiger partial charge is 0.175 e. The number of hydrogen-bond donors (Lipinski definition) is 0. The van der Waals surface area contributed by atoms with Crippen LogP contribution in [-0.2, 0) is 15.6 Å². The Kier molecular flexibility index (Phi) is 5.04. The third kappa shape index (κ3) is 4.84. The van der Waals surface area contributed by atoms with Gasteiger partial charge < -0.3 is 0 Å². The molecule has 0 saturated heterocycles. The molecule has 0 aliphatic carbocycles. The highest BCUT2D eigenvalue weighted by Crippen LogP contribution is 2.18. The van der Waals surface area contributed by atoms with E-state index in [1.165, 1.54) is 24.3 Å². The second kappa shape index (κ2) is 6.60. The maximum atomic E-state index is 13.0. The summed E-state index contributed by atoms with van der Waals surface area (Å²) in [6, 6.07) is 10.6. The maximum Gasteiger partial charge on any atom is 0.175 e. The normalized spacial score (nSPS) is 12.0. The van der Waals surface area contributed by atoms with Gasteiger partial charge in [0.2, 0.25) is 0 Å². The van der Waals surface area contributed by atoms with E-state index in [1.807, 2.05) is 0 Å². The fraction of sp³-hybridized carbons (Fsp3) is 0.0667. The van der Waals surface area contributed by atoms with E-state index >= 15 is 0 Å². The molecule has 2 rings (SSSR count). The molecule has 2 nitrogen and oxygen atoms in total. The third-order valence-electron chi connectivity index (χ3n) is 2.69. The van der Waals surface area contributed by atoms with Gasteiger partial charge in [-0.1, -0.05) is 41.4 Å². The van der Waals surface area contributed by atoms with E-state index in [-0.39, 0.29) is 10.8 Å². The lowest BCUT2D eigenvalue weighted by Crippen LogP contribution is -1.99. The summed E-state index contributed by atoms with van der Waals surface area (Å²) in [6.45, 7) is 0. The van der Waals surface area contributed by atoms with Gasteiger partial charge in [0.1, 0.15) is 5.82 Å². The predicted octanol–water partition coefficient (Wildman–Crippen LogP) is 4.72. The largest absolute Gasteiger partial charge is 0.224 e. The predicted molar refractivity (Wildman–Crippen MR) is 84.5 cm³/mol. The van der Waals surface area contributed by atoms with Gasteiger partial charge in [0.15, 0.2) is 9.84 Å². The Balaban J connectivity index is 2.14. The van der Waals surface area contributed by atoms with Gasteiger partial charge in [-0.05, 0) is 41.5 Å². The average molecular weight is 345 g/mol. The summed E-state index contributed by atoms with van der Waals surface area (Å²) < 4.78 is 37.0. The van der Waals surface area contributed by atoms with Crippen molar-refractivity contribution in [1.82, 2.24) is 0 Å². The topological polar surface area (TPSA) is 34.1 Å². The minimum atomic E-state index is -3.43. The van der Waals surface area contributed by atoms with Crippen molar-refractivity contribution in [2.75, 3.05) is 0 Å². The Morgan fingerprint density at radius 1 is 1.05 bits per heavy atom. The summed E-state index contributed by atoms with van der Waals surface area (Å²) in [6.07, 6.45) is 1.39. The molecule has 0 spiro atoms. The van der Waals surface area contributed by atoms with Gasteiger partial charge in [0.25, 0.3) is 0 Å². The highest BCUT2D eigenvalue weighted by atomic mass is 35.5. The number of halogens is 3. The minimum Gasteiger partial charge on any atom is -0.224 e. The van der Waals surface area contributed by atoms with Gasteiger partial charge in [-0.25, -0.2) is 12.8 Å². The van der Waals surface area contributed by atoms with Crippen LogP contribution in [0.15, 0.2) is 47.9 Å². The molecule has 0 atom stereocenters. The molecule has 2 aromatic carbocycles. The lowest BCUT2D eigenvalue weighted by Gasteiger charge is -2.01. The summed E-state index contributed by atoms with van der Waals surface area (Å²) >= 11 is 11.4. The number of sulfone groups is 1.